The Hall–Kier alpha value is -2.14. The highest BCUT2D eigenvalue weighted by molar-refractivity contribution is 5.65. The summed E-state index contributed by atoms with van der Waals surface area (Å²) in [5, 5.41) is 3.13. The molecule has 5 heteroatoms. The summed E-state index contributed by atoms with van der Waals surface area (Å²) in [6, 6.07) is 5.82. The van der Waals surface area contributed by atoms with Crippen LogP contribution in [0.15, 0.2) is 23.0 Å². The molecule has 0 unspecified atom stereocenters. The highest BCUT2D eigenvalue weighted by Gasteiger charge is 2.18. The molecule has 0 saturated heterocycles. The highest BCUT2D eigenvalue weighted by atomic mass is 16.5. The lowest BCUT2D eigenvalue weighted by Crippen LogP contribution is -2.15. The van der Waals surface area contributed by atoms with Crippen LogP contribution in [0.25, 0.3) is 11.4 Å². The first-order chi connectivity index (χ1) is 9.19. The Morgan fingerprint density at radius 3 is 2.95 bits per heavy atom. The monoisotopic (exact) mass is 257 g/mol. The van der Waals surface area contributed by atoms with Crippen LogP contribution in [0.2, 0.25) is 0 Å². The molecule has 0 fully saturated rings. The lowest BCUT2D eigenvalue weighted by atomic mass is 10.1. The average molecular weight is 257 g/mol. The number of methoxy groups -OCH3 is 1. The zero-order valence-corrected chi connectivity index (χ0v) is 10.9. The van der Waals surface area contributed by atoms with E-state index in [0.717, 1.165) is 22.4 Å². The molecule has 2 heterocycles. The summed E-state index contributed by atoms with van der Waals surface area (Å²) in [6.45, 7) is 3.22. The summed E-state index contributed by atoms with van der Waals surface area (Å²) < 4.78 is 5.36. The minimum Gasteiger partial charge on any atom is -0.496 e. The van der Waals surface area contributed by atoms with Gasteiger partial charge < -0.3 is 15.0 Å². The molecular weight excluding hydrogens is 242 g/mol. The lowest BCUT2D eigenvalue weighted by Gasteiger charge is -2.09. The van der Waals surface area contributed by atoms with Crippen molar-refractivity contribution in [3.05, 3.63) is 45.4 Å². The number of aromatic amines is 1. The van der Waals surface area contributed by atoms with E-state index < -0.39 is 0 Å². The summed E-state index contributed by atoms with van der Waals surface area (Å²) in [6.07, 6.45) is 0. The molecule has 1 aliphatic rings. The van der Waals surface area contributed by atoms with Crippen molar-refractivity contribution >= 4 is 0 Å². The molecule has 0 bridgehead atoms. The second kappa shape index (κ2) is 4.51. The second-order valence-electron chi connectivity index (χ2n) is 4.65. The third-order valence-corrected chi connectivity index (χ3v) is 3.31. The van der Waals surface area contributed by atoms with E-state index in [1.807, 2.05) is 25.1 Å². The van der Waals surface area contributed by atoms with Gasteiger partial charge in [0, 0.05) is 13.1 Å². The molecule has 0 aliphatic carbocycles. The van der Waals surface area contributed by atoms with E-state index in [-0.39, 0.29) is 5.56 Å². The van der Waals surface area contributed by atoms with E-state index in [1.165, 1.54) is 0 Å². The Bertz CT molecular complexity index is 692. The first kappa shape index (κ1) is 11.9. The molecule has 1 aromatic heterocycles. The Morgan fingerprint density at radius 2 is 2.16 bits per heavy atom. The normalized spacial score (nSPS) is 13.4. The maximum absolute atomic E-state index is 12.0. The molecule has 3 rings (SSSR count). The van der Waals surface area contributed by atoms with Crippen LogP contribution in [0.5, 0.6) is 5.75 Å². The molecule has 1 aliphatic heterocycles. The van der Waals surface area contributed by atoms with Crippen LogP contribution in [0.4, 0.5) is 0 Å². The number of hydrogen-bond acceptors (Lipinski definition) is 4. The molecule has 0 spiro atoms. The molecule has 98 valence electrons. The summed E-state index contributed by atoms with van der Waals surface area (Å²) in [4.78, 5) is 19.4. The summed E-state index contributed by atoms with van der Waals surface area (Å²) in [5.41, 5.74) is 3.38. The molecule has 1 aromatic carbocycles. The van der Waals surface area contributed by atoms with Crippen molar-refractivity contribution in [3.8, 4) is 17.1 Å². The van der Waals surface area contributed by atoms with Crippen molar-refractivity contribution in [2.24, 2.45) is 0 Å². The molecule has 0 atom stereocenters. The Labute approximate surface area is 110 Å². The van der Waals surface area contributed by atoms with Gasteiger partial charge in [0.15, 0.2) is 0 Å². The molecule has 19 heavy (non-hydrogen) atoms. The van der Waals surface area contributed by atoms with E-state index in [9.17, 15) is 4.79 Å². The van der Waals surface area contributed by atoms with Gasteiger partial charge in [-0.25, -0.2) is 4.98 Å². The van der Waals surface area contributed by atoms with Gasteiger partial charge in [0.25, 0.3) is 5.56 Å². The molecule has 2 aromatic rings. The summed E-state index contributed by atoms with van der Waals surface area (Å²) >= 11 is 0. The first-order valence-corrected chi connectivity index (χ1v) is 6.17. The van der Waals surface area contributed by atoms with Crippen LogP contribution in [0.3, 0.4) is 0 Å². The number of H-pyrrole nitrogens is 1. The Morgan fingerprint density at radius 1 is 1.32 bits per heavy atom. The van der Waals surface area contributed by atoms with Gasteiger partial charge in [0.2, 0.25) is 0 Å². The first-order valence-electron chi connectivity index (χ1n) is 6.17. The number of aromatic nitrogens is 2. The Balaban J connectivity index is 2.18. The van der Waals surface area contributed by atoms with Crippen LogP contribution in [-0.4, -0.2) is 17.1 Å². The standard InChI is InChI=1S/C14H15N3O2/c1-8-3-4-9(12(5-8)19-2)13-16-11-7-15-6-10(11)14(18)17-13/h3-5,15H,6-7H2,1-2H3,(H,16,17,18). The predicted molar refractivity (Wildman–Crippen MR) is 72.1 cm³/mol. The van der Waals surface area contributed by atoms with Gasteiger partial charge in [-0.3, -0.25) is 4.79 Å². The minimum absolute atomic E-state index is 0.0763. The maximum atomic E-state index is 12.0. The number of nitrogens with one attached hydrogen (secondary N) is 2. The average Bonchev–Trinajstić information content (AvgIpc) is 2.87. The van der Waals surface area contributed by atoms with Crippen LogP contribution < -0.4 is 15.6 Å². The number of aryl methyl sites for hydroxylation is 1. The van der Waals surface area contributed by atoms with Gasteiger partial charge in [-0.05, 0) is 24.6 Å². The number of ether oxygens (including phenoxy) is 1. The van der Waals surface area contributed by atoms with Crippen LogP contribution in [0, 0.1) is 6.92 Å². The predicted octanol–water partition coefficient (Wildman–Crippen LogP) is 1.36. The molecule has 0 saturated carbocycles. The number of fused-ring (bicyclic) bond motifs is 1. The molecule has 0 amide bonds. The van der Waals surface area contributed by atoms with Gasteiger partial charge in [-0.15, -0.1) is 0 Å². The van der Waals surface area contributed by atoms with E-state index in [0.29, 0.717) is 24.7 Å². The van der Waals surface area contributed by atoms with Crippen molar-refractivity contribution in [1.82, 2.24) is 15.3 Å². The number of hydrogen-bond donors (Lipinski definition) is 2. The fourth-order valence-corrected chi connectivity index (χ4v) is 2.30. The van der Waals surface area contributed by atoms with Gasteiger partial charge in [0.05, 0.1) is 23.9 Å². The van der Waals surface area contributed by atoms with Crippen molar-refractivity contribution in [1.29, 1.82) is 0 Å². The fourth-order valence-electron chi connectivity index (χ4n) is 2.30. The highest BCUT2D eigenvalue weighted by Crippen LogP contribution is 2.28. The minimum atomic E-state index is -0.0763. The zero-order chi connectivity index (χ0) is 13.4. The van der Waals surface area contributed by atoms with Gasteiger partial charge in [-0.2, -0.15) is 0 Å². The van der Waals surface area contributed by atoms with E-state index >= 15 is 0 Å². The van der Waals surface area contributed by atoms with E-state index in [1.54, 1.807) is 7.11 Å². The van der Waals surface area contributed by atoms with Crippen molar-refractivity contribution in [3.63, 3.8) is 0 Å². The quantitative estimate of drug-likeness (QED) is 0.852. The zero-order valence-electron chi connectivity index (χ0n) is 10.9. The smallest absolute Gasteiger partial charge is 0.255 e. The third kappa shape index (κ3) is 2.02. The molecule has 5 nitrogen and oxygen atoms in total. The van der Waals surface area contributed by atoms with Crippen molar-refractivity contribution in [2.45, 2.75) is 20.0 Å². The van der Waals surface area contributed by atoms with Crippen LogP contribution >= 0.6 is 0 Å². The molecule has 0 radical (unpaired) electrons. The summed E-state index contributed by atoms with van der Waals surface area (Å²) in [7, 11) is 1.62. The topological polar surface area (TPSA) is 67.0 Å². The number of rotatable bonds is 2. The largest absolute Gasteiger partial charge is 0.496 e. The number of nitrogens with zero attached hydrogens (tertiary/aromatic N) is 1. The molecular formula is C14H15N3O2. The lowest BCUT2D eigenvalue weighted by molar-refractivity contribution is 0.416. The SMILES string of the molecule is COc1cc(C)ccc1-c1nc2c(c(=O)[nH]1)CNC2. The van der Waals surface area contributed by atoms with Crippen LogP contribution in [-0.2, 0) is 13.1 Å². The van der Waals surface area contributed by atoms with Crippen molar-refractivity contribution in [2.75, 3.05) is 7.11 Å². The Kier molecular flexibility index (Phi) is 2.83. The maximum Gasteiger partial charge on any atom is 0.255 e. The van der Waals surface area contributed by atoms with Crippen molar-refractivity contribution < 1.29 is 4.74 Å². The third-order valence-electron chi connectivity index (χ3n) is 3.31. The van der Waals surface area contributed by atoms with Gasteiger partial charge in [0.1, 0.15) is 11.6 Å². The van der Waals surface area contributed by atoms with Gasteiger partial charge in [-0.1, -0.05) is 6.07 Å². The second-order valence-corrected chi connectivity index (χ2v) is 4.65. The van der Waals surface area contributed by atoms with E-state index in [2.05, 4.69) is 15.3 Å². The van der Waals surface area contributed by atoms with E-state index in [4.69, 9.17) is 4.74 Å². The van der Waals surface area contributed by atoms with Crippen LogP contribution in [0.1, 0.15) is 16.8 Å². The summed E-state index contributed by atoms with van der Waals surface area (Å²) in [5.74, 6) is 1.28. The van der Waals surface area contributed by atoms with Gasteiger partial charge >= 0.3 is 0 Å². The number of benzene rings is 1. The molecule has 2 N–H and O–H groups in total. The fraction of sp³-hybridized carbons (Fsp3) is 0.286.